The number of hydrogen-bond donors (Lipinski definition) is 2. The maximum atomic E-state index is 12.3. The standard InChI is InChI=1S/C17H12ClN7O/c18-12-3-6-14-15(7-8-19-16(14)9-12)21-22-17(26)11-1-4-13(5-2-11)25-10-20-23-24-25/h1-10H,(H,19,21)(H,22,26). The van der Waals surface area contributed by atoms with E-state index in [1.807, 2.05) is 6.07 Å². The van der Waals surface area contributed by atoms with Crippen LogP contribution in [0.2, 0.25) is 5.02 Å². The van der Waals surface area contributed by atoms with Crippen LogP contribution in [0.3, 0.4) is 0 Å². The number of nitrogens with zero attached hydrogens (tertiary/aromatic N) is 5. The summed E-state index contributed by atoms with van der Waals surface area (Å²) in [6.45, 7) is 0. The van der Waals surface area contributed by atoms with Crippen LogP contribution in [0.25, 0.3) is 16.6 Å². The maximum Gasteiger partial charge on any atom is 0.269 e. The number of anilines is 1. The lowest BCUT2D eigenvalue weighted by Gasteiger charge is -2.11. The molecule has 2 heterocycles. The summed E-state index contributed by atoms with van der Waals surface area (Å²) in [4.78, 5) is 16.6. The molecule has 0 atom stereocenters. The van der Waals surface area contributed by atoms with E-state index >= 15 is 0 Å². The number of hydrazine groups is 1. The van der Waals surface area contributed by atoms with E-state index in [1.165, 1.54) is 11.0 Å². The highest BCUT2D eigenvalue weighted by atomic mass is 35.5. The molecule has 9 heteroatoms. The molecular formula is C17H12ClN7O. The molecular weight excluding hydrogens is 354 g/mol. The number of hydrogen-bond acceptors (Lipinski definition) is 6. The third-order valence-electron chi connectivity index (χ3n) is 3.76. The minimum Gasteiger partial charge on any atom is -0.298 e. The molecule has 2 aromatic heterocycles. The zero-order valence-corrected chi connectivity index (χ0v) is 14.1. The van der Waals surface area contributed by atoms with Crippen molar-refractivity contribution >= 4 is 34.1 Å². The van der Waals surface area contributed by atoms with Crippen LogP contribution < -0.4 is 10.9 Å². The summed E-state index contributed by atoms with van der Waals surface area (Å²) in [6, 6.07) is 14.1. The predicted molar refractivity (Wildman–Crippen MR) is 97.0 cm³/mol. The molecule has 0 aliphatic rings. The summed E-state index contributed by atoms with van der Waals surface area (Å²) < 4.78 is 1.51. The van der Waals surface area contributed by atoms with Gasteiger partial charge in [-0.25, -0.2) is 4.68 Å². The molecule has 8 nitrogen and oxygen atoms in total. The molecule has 0 saturated heterocycles. The highest BCUT2D eigenvalue weighted by molar-refractivity contribution is 6.31. The second kappa shape index (κ2) is 6.77. The van der Waals surface area contributed by atoms with Gasteiger partial charge in [-0.1, -0.05) is 11.6 Å². The summed E-state index contributed by atoms with van der Waals surface area (Å²) in [5.74, 6) is -0.271. The fraction of sp³-hybridized carbons (Fsp3) is 0. The molecule has 128 valence electrons. The van der Waals surface area contributed by atoms with E-state index in [4.69, 9.17) is 11.6 Å². The fourth-order valence-electron chi connectivity index (χ4n) is 2.47. The fourth-order valence-corrected chi connectivity index (χ4v) is 2.64. The molecule has 4 aromatic rings. The van der Waals surface area contributed by atoms with Crippen molar-refractivity contribution in [2.75, 3.05) is 5.43 Å². The molecule has 0 unspecified atom stereocenters. The lowest BCUT2D eigenvalue weighted by atomic mass is 10.2. The van der Waals surface area contributed by atoms with Gasteiger partial charge in [0.2, 0.25) is 0 Å². The van der Waals surface area contributed by atoms with Crippen molar-refractivity contribution in [2.45, 2.75) is 0 Å². The number of halogens is 1. The van der Waals surface area contributed by atoms with E-state index in [0.717, 1.165) is 22.3 Å². The topological polar surface area (TPSA) is 97.6 Å². The molecule has 2 N–H and O–H groups in total. The van der Waals surface area contributed by atoms with Crippen molar-refractivity contribution in [3.8, 4) is 5.69 Å². The van der Waals surface area contributed by atoms with Gasteiger partial charge in [-0.3, -0.25) is 20.6 Å². The molecule has 0 saturated carbocycles. The molecule has 1 amide bonds. The first-order valence-electron chi connectivity index (χ1n) is 7.65. The number of carbonyl (C=O) groups excluding carboxylic acids is 1. The van der Waals surface area contributed by atoms with Gasteiger partial charge in [0, 0.05) is 22.2 Å². The predicted octanol–water partition coefficient (Wildman–Crippen LogP) is 2.62. The molecule has 26 heavy (non-hydrogen) atoms. The Morgan fingerprint density at radius 3 is 2.69 bits per heavy atom. The van der Waals surface area contributed by atoms with Crippen LogP contribution in [0, 0.1) is 0 Å². The van der Waals surface area contributed by atoms with Crippen LogP contribution in [0.1, 0.15) is 10.4 Å². The van der Waals surface area contributed by atoms with Gasteiger partial charge in [-0.2, -0.15) is 0 Å². The zero-order valence-electron chi connectivity index (χ0n) is 13.3. The number of nitrogens with one attached hydrogen (secondary N) is 2. The third-order valence-corrected chi connectivity index (χ3v) is 3.99. The van der Waals surface area contributed by atoms with Gasteiger partial charge in [0.25, 0.3) is 5.91 Å². The Morgan fingerprint density at radius 1 is 1.08 bits per heavy atom. The summed E-state index contributed by atoms with van der Waals surface area (Å²) in [5, 5.41) is 12.4. The molecule has 2 aromatic carbocycles. The Kier molecular flexibility index (Phi) is 4.16. The Labute approximate surface area is 152 Å². The number of pyridine rings is 1. The second-order valence-electron chi connectivity index (χ2n) is 5.40. The number of rotatable bonds is 4. The molecule has 0 bridgehead atoms. The van der Waals surface area contributed by atoms with Crippen LogP contribution in [0.15, 0.2) is 61.1 Å². The SMILES string of the molecule is O=C(NNc1ccnc2cc(Cl)ccc12)c1ccc(-n2cnnn2)cc1. The first-order valence-corrected chi connectivity index (χ1v) is 8.02. The number of tetrazole rings is 1. The normalized spacial score (nSPS) is 10.7. The average Bonchev–Trinajstić information content (AvgIpc) is 3.20. The molecule has 0 spiro atoms. The van der Waals surface area contributed by atoms with Gasteiger partial charge in [0.05, 0.1) is 16.9 Å². The Balaban J connectivity index is 1.49. The Morgan fingerprint density at radius 2 is 1.92 bits per heavy atom. The van der Waals surface area contributed by atoms with E-state index in [1.54, 1.807) is 48.7 Å². The van der Waals surface area contributed by atoms with Crippen LogP contribution >= 0.6 is 11.6 Å². The van der Waals surface area contributed by atoms with E-state index in [-0.39, 0.29) is 5.91 Å². The number of carbonyl (C=O) groups is 1. The highest BCUT2D eigenvalue weighted by Gasteiger charge is 2.08. The molecule has 4 rings (SSSR count). The number of fused-ring (bicyclic) bond motifs is 1. The molecule has 0 aliphatic carbocycles. The summed E-state index contributed by atoms with van der Waals surface area (Å²) in [7, 11) is 0. The van der Waals surface area contributed by atoms with Gasteiger partial charge < -0.3 is 0 Å². The summed E-state index contributed by atoms with van der Waals surface area (Å²) in [5.41, 5.74) is 8.33. The van der Waals surface area contributed by atoms with Crippen molar-refractivity contribution < 1.29 is 4.79 Å². The highest BCUT2D eigenvalue weighted by Crippen LogP contribution is 2.23. The van der Waals surface area contributed by atoms with Crippen LogP contribution in [-0.4, -0.2) is 31.1 Å². The quantitative estimate of drug-likeness (QED) is 0.539. The van der Waals surface area contributed by atoms with E-state index in [0.29, 0.717) is 10.6 Å². The van der Waals surface area contributed by atoms with Crippen LogP contribution in [0.5, 0.6) is 0 Å². The number of amides is 1. The molecule has 0 aliphatic heterocycles. The lowest BCUT2D eigenvalue weighted by Crippen LogP contribution is -2.29. The molecule has 0 radical (unpaired) electrons. The average molecular weight is 366 g/mol. The summed E-state index contributed by atoms with van der Waals surface area (Å²) >= 11 is 5.98. The second-order valence-corrected chi connectivity index (χ2v) is 5.84. The molecule has 0 fully saturated rings. The van der Waals surface area contributed by atoms with Gasteiger partial charge in [0.15, 0.2) is 0 Å². The minimum atomic E-state index is -0.271. The monoisotopic (exact) mass is 365 g/mol. The first kappa shape index (κ1) is 16.0. The maximum absolute atomic E-state index is 12.3. The van der Waals surface area contributed by atoms with Gasteiger partial charge in [0.1, 0.15) is 6.33 Å². The third kappa shape index (κ3) is 3.17. The minimum absolute atomic E-state index is 0.271. The number of benzene rings is 2. The van der Waals surface area contributed by atoms with Crippen molar-refractivity contribution in [1.29, 1.82) is 0 Å². The van der Waals surface area contributed by atoms with E-state index in [9.17, 15) is 4.79 Å². The number of aromatic nitrogens is 5. The Bertz CT molecular complexity index is 1060. The van der Waals surface area contributed by atoms with E-state index in [2.05, 4.69) is 31.4 Å². The van der Waals surface area contributed by atoms with Crippen molar-refractivity contribution in [2.24, 2.45) is 0 Å². The zero-order chi connectivity index (χ0) is 17.9. The first-order chi connectivity index (χ1) is 12.7. The van der Waals surface area contributed by atoms with Crippen molar-refractivity contribution in [3.05, 3.63) is 71.6 Å². The smallest absolute Gasteiger partial charge is 0.269 e. The van der Waals surface area contributed by atoms with Crippen LogP contribution in [0.4, 0.5) is 5.69 Å². The van der Waals surface area contributed by atoms with Crippen molar-refractivity contribution in [1.82, 2.24) is 30.6 Å². The van der Waals surface area contributed by atoms with Gasteiger partial charge in [-0.15, -0.1) is 5.10 Å². The largest absolute Gasteiger partial charge is 0.298 e. The lowest BCUT2D eigenvalue weighted by molar-refractivity contribution is 0.0962. The van der Waals surface area contributed by atoms with Gasteiger partial charge >= 0.3 is 0 Å². The van der Waals surface area contributed by atoms with E-state index < -0.39 is 0 Å². The van der Waals surface area contributed by atoms with Crippen molar-refractivity contribution in [3.63, 3.8) is 0 Å². The van der Waals surface area contributed by atoms with Crippen LogP contribution in [-0.2, 0) is 0 Å². The Hall–Kier alpha value is -3.52. The van der Waals surface area contributed by atoms with Gasteiger partial charge in [-0.05, 0) is 59.0 Å². The summed E-state index contributed by atoms with van der Waals surface area (Å²) in [6.07, 6.45) is 3.13.